The lowest BCUT2D eigenvalue weighted by Crippen LogP contribution is -2.48. The Labute approximate surface area is 122 Å². The molecule has 1 aliphatic heterocycles. The van der Waals surface area contributed by atoms with Crippen LogP contribution in [0.5, 0.6) is 0 Å². The van der Waals surface area contributed by atoms with Crippen molar-refractivity contribution < 1.29 is 0 Å². The van der Waals surface area contributed by atoms with Crippen molar-refractivity contribution >= 4 is 5.96 Å². The SMILES string of the molecule is C=CCNC(=NC)N1CCC(c2ccccc2)C(C)C1. The van der Waals surface area contributed by atoms with E-state index in [0.29, 0.717) is 11.8 Å². The normalized spacial score (nSPS) is 23.5. The molecule has 0 aromatic heterocycles. The summed E-state index contributed by atoms with van der Waals surface area (Å²) < 4.78 is 0. The number of rotatable bonds is 3. The predicted octanol–water partition coefficient (Wildman–Crippen LogP) is 2.87. The van der Waals surface area contributed by atoms with Crippen molar-refractivity contribution in [3.8, 4) is 0 Å². The molecule has 0 radical (unpaired) electrons. The highest BCUT2D eigenvalue weighted by Gasteiger charge is 2.28. The molecule has 2 rings (SSSR count). The maximum atomic E-state index is 4.37. The van der Waals surface area contributed by atoms with E-state index in [2.05, 4.69) is 59.0 Å². The highest BCUT2D eigenvalue weighted by Crippen LogP contribution is 2.32. The lowest BCUT2D eigenvalue weighted by atomic mass is 9.82. The van der Waals surface area contributed by atoms with Gasteiger partial charge in [-0.05, 0) is 23.8 Å². The Hall–Kier alpha value is -1.77. The lowest BCUT2D eigenvalue weighted by molar-refractivity contribution is 0.235. The van der Waals surface area contributed by atoms with Gasteiger partial charge in [0.2, 0.25) is 0 Å². The summed E-state index contributed by atoms with van der Waals surface area (Å²) in [6.07, 6.45) is 3.05. The molecule has 1 N–H and O–H groups in total. The van der Waals surface area contributed by atoms with E-state index in [-0.39, 0.29) is 0 Å². The van der Waals surface area contributed by atoms with Crippen molar-refractivity contribution in [1.82, 2.24) is 10.2 Å². The number of nitrogens with zero attached hydrogens (tertiary/aromatic N) is 2. The molecule has 0 aliphatic carbocycles. The molecular formula is C17H25N3. The first kappa shape index (κ1) is 14.6. The van der Waals surface area contributed by atoms with Crippen LogP contribution in [0.1, 0.15) is 24.8 Å². The minimum absolute atomic E-state index is 0.633. The Bertz CT molecular complexity index is 453. The van der Waals surface area contributed by atoms with Gasteiger partial charge in [-0.3, -0.25) is 4.99 Å². The predicted molar refractivity (Wildman–Crippen MR) is 86.1 cm³/mol. The van der Waals surface area contributed by atoms with Crippen LogP contribution in [0.15, 0.2) is 48.0 Å². The number of guanidine groups is 1. The summed E-state index contributed by atoms with van der Waals surface area (Å²) in [4.78, 5) is 6.72. The van der Waals surface area contributed by atoms with Crippen LogP contribution in [0.25, 0.3) is 0 Å². The zero-order valence-electron chi connectivity index (χ0n) is 12.5. The number of nitrogens with one attached hydrogen (secondary N) is 1. The Balaban J connectivity index is 2.00. The second-order valence-electron chi connectivity index (χ2n) is 5.45. The van der Waals surface area contributed by atoms with Crippen molar-refractivity contribution in [1.29, 1.82) is 0 Å². The minimum atomic E-state index is 0.633. The molecule has 1 aromatic rings. The third-order valence-corrected chi connectivity index (χ3v) is 4.05. The van der Waals surface area contributed by atoms with E-state index in [1.54, 1.807) is 0 Å². The molecule has 1 aromatic carbocycles. The van der Waals surface area contributed by atoms with Crippen LogP contribution >= 0.6 is 0 Å². The maximum absolute atomic E-state index is 4.37. The first-order valence-corrected chi connectivity index (χ1v) is 7.37. The monoisotopic (exact) mass is 271 g/mol. The molecule has 1 aliphatic rings. The largest absolute Gasteiger partial charge is 0.353 e. The molecule has 0 saturated carbocycles. The number of likely N-dealkylation sites (tertiary alicyclic amines) is 1. The van der Waals surface area contributed by atoms with Gasteiger partial charge in [-0.1, -0.05) is 43.3 Å². The van der Waals surface area contributed by atoms with E-state index in [1.165, 1.54) is 12.0 Å². The molecule has 2 atom stereocenters. The van der Waals surface area contributed by atoms with E-state index in [0.717, 1.165) is 25.6 Å². The fraction of sp³-hybridized carbons (Fsp3) is 0.471. The number of hydrogen-bond donors (Lipinski definition) is 1. The zero-order chi connectivity index (χ0) is 14.4. The van der Waals surface area contributed by atoms with Crippen molar-refractivity contribution in [2.75, 3.05) is 26.7 Å². The molecule has 1 heterocycles. The van der Waals surface area contributed by atoms with Gasteiger partial charge in [0.25, 0.3) is 0 Å². The summed E-state index contributed by atoms with van der Waals surface area (Å²) >= 11 is 0. The number of benzene rings is 1. The Morgan fingerprint density at radius 1 is 1.45 bits per heavy atom. The quantitative estimate of drug-likeness (QED) is 0.520. The summed E-state index contributed by atoms with van der Waals surface area (Å²) in [5.41, 5.74) is 1.47. The van der Waals surface area contributed by atoms with E-state index in [1.807, 2.05) is 13.1 Å². The Morgan fingerprint density at radius 2 is 2.20 bits per heavy atom. The van der Waals surface area contributed by atoms with E-state index in [9.17, 15) is 0 Å². The van der Waals surface area contributed by atoms with Gasteiger partial charge in [0.05, 0.1) is 0 Å². The van der Waals surface area contributed by atoms with Gasteiger partial charge in [-0.25, -0.2) is 0 Å². The molecular weight excluding hydrogens is 246 g/mol. The third-order valence-electron chi connectivity index (χ3n) is 4.05. The summed E-state index contributed by atoms with van der Waals surface area (Å²) in [5.74, 6) is 2.28. The summed E-state index contributed by atoms with van der Waals surface area (Å²) in [6.45, 7) is 8.95. The standard InChI is InChI=1S/C17H25N3/c1-4-11-19-17(18-3)20-12-10-16(14(2)13-20)15-8-6-5-7-9-15/h4-9,14,16H,1,10-13H2,2-3H3,(H,18,19). The lowest BCUT2D eigenvalue weighted by Gasteiger charge is -2.38. The second kappa shape index (κ2) is 7.13. The highest BCUT2D eigenvalue weighted by molar-refractivity contribution is 5.80. The van der Waals surface area contributed by atoms with Crippen LogP contribution in [0.4, 0.5) is 0 Å². The van der Waals surface area contributed by atoms with Crippen LogP contribution in [0.3, 0.4) is 0 Å². The summed E-state index contributed by atoms with van der Waals surface area (Å²) in [7, 11) is 1.85. The van der Waals surface area contributed by atoms with Crippen molar-refractivity contribution in [2.45, 2.75) is 19.3 Å². The topological polar surface area (TPSA) is 27.6 Å². The third kappa shape index (κ3) is 3.41. The molecule has 3 nitrogen and oxygen atoms in total. The van der Waals surface area contributed by atoms with Crippen LogP contribution in [0.2, 0.25) is 0 Å². The van der Waals surface area contributed by atoms with Crippen molar-refractivity contribution in [3.63, 3.8) is 0 Å². The van der Waals surface area contributed by atoms with Gasteiger partial charge in [0, 0.05) is 26.7 Å². The Morgan fingerprint density at radius 3 is 2.80 bits per heavy atom. The summed E-state index contributed by atoms with van der Waals surface area (Å²) in [5, 5.41) is 3.32. The van der Waals surface area contributed by atoms with E-state index < -0.39 is 0 Å². The number of piperidine rings is 1. The first-order valence-electron chi connectivity index (χ1n) is 7.37. The van der Waals surface area contributed by atoms with E-state index >= 15 is 0 Å². The molecule has 1 saturated heterocycles. The number of aliphatic imine (C=N–C) groups is 1. The van der Waals surface area contributed by atoms with Gasteiger partial charge >= 0.3 is 0 Å². The molecule has 1 fully saturated rings. The first-order chi connectivity index (χ1) is 9.76. The van der Waals surface area contributed by atoms with E-state index in [4.69, 9.17) is 0 Å². The van der Waals surface area contributed by atoms with Crippen LogP contribution in [-0.4, -0.2) is 37.5 Å². The van der Waals surface area contributed by atoms with Crippen LogP contribution in [0, 0.1) is 5.92 Å². The highest BCUT2D eigenvalue weighted by atomic mass is 15.3. The smallest absolute Gasteiger partial charge is 0.193 e. The Kier molecular flexibility index (Phi) is 5.22. The molecule has 0 spiro atoms. The van der Waals surface area contributed by atoms with Gasteiger partial charge in [0.15, 0.2) is 5.96 Å². The minimum Gasteiger partial charge on any atom is -0.353 e. The zero-order valence-corrected chi connectivity index (χ0v) is 12.5. The van der Waals surface area contributed by atoms with Gasteiger partial charge in [-0.2, -0.15) is 0 Å². The average Bonchev–Trinajstić information content (AvgIpc) is 2.49. The average molecular weight is 271 g/mol. The van der Waals surface area contributed by atoms with Crippen LogP contribution in [-0.2, 0) is 0 Å². The maximum Gasteiger partial charge on any atom is 0.193 e. The van der Waals surface area contributed by atoms with Gasteiger partial charge in [-0.15, -0.1) is 6.58 Å². The van der Waals surface area contributed by atoms with Gasteiger partial charge < -0.3 is 10.2 Å². The number of hydrogen-bond acceptors (Lipinski definition) is 1. The van der Waals surface area contributed by atoms with Crippen LogP contribution < -0.4 is 5.32 Å². The second-order valence-corrected chi connectivity index (χ2v) is 5.45. The molecule has 0 bridgehead atoms. The van der Waals surface area contributed by atoms with Crippen molar-refractivity contribution in [3.05, 3.63) is 48.6 Å². The molecule has 108 valence electrons. The molecule has 0 amide bonds. The van der Waals surface area contributed by atoms with Crippen molar-refractivity contribution in [2.24, 2.45) is 10.9 Å². The fourth-order valence-corrected chi connectivity index (χ4v) is 3.03. The molecule has 2 unspecified atom stereocenters. The molecule has 3 heteroatoms. The van der Waals surface area contributed by atoms with Gasteiger partial charge in [0.1, 0.15) is 0 Å². The fourth-order valence-electron chi connectivity index (χ4n) is 3.03. The molecule has 20 heavy (non-hydrogen) atoms. The summed E-state index contributed by atoms with van der Waals surface area (Å²) in [6, 6.07) is 10.9.